The number of nitrogens with one attached hydrogen (secondary N) is 1. The molecular formula is C17H13F2N5O3. The van der Waals surface area contributed by atoms with E-state index in [1.807, 2.05) is 0 Å². The average molecular weight is 373 g/mol. The summed E-state index contributed by atoms with van der Waals surface area (Å²) in [6.45, 7) is 1.52. The summed E-state index contributed by atoms with van der Waals surface area (Å²) < 4.78 is 28.1. The van der Waals surface area contributed by atoms with Crippen molar-refractivity contribution in [2.45, 2.75) is 13.0 Å². The van der Waals surface area contributed by atoms with Crippen LogP contribution < -0.4 is 5.32 Å². The van der Waals surface area contributed by atoms with Crippen molar-refractivity contribution < 1.29 is 18.5 Å². The first-order valence-corrected chi connectivity index (χ1v) is 7.76. The highest BCUT2D eigenvalue weighted by atomic mass is 19.1. The largest absolute Gasteiger partial charge is 0.345 e. The van der Waals surface area contributed by atoms with Crippen LogP contribution in [0, 0.1) is 21.7 Å². The number of nitro benzene ring substituents is 1. The maximum Gasteiger partial charge on any atom is 0.295 e. The first kappa shape index (κ1) is 18.1. The van der Waals surface area contributed by atoms with E-state index in [9.17, 15) is 23.7 Å². The number of amides is 1. The van der Waals surface area contributed by atoms with Gasteiger partial charge in [-0.2, -0.15) is 5.10 Å². The third kappa shape index (κ3) is 3.78. The van der Waals surface area contributed by atoms with Crippen molar-refractivity contribution in [2.75, 3.05) is 0 Å². The number of nitro groups is 1. The number of nitrogens with zero attached hydrogens (tertiary/aromatic N) is 4. The summed E-state index contributed by atoms with van der Waals surface area (Å²) in [5.74, 6) is -2.16. The van der Waals surface area contributed by atoms with Crippen molar-refractivity contribution >= 4 is 11.6 Å². The fourth-order valence-corrected chi connectivity index (χ4v) is 2.55. The van der Waals surface area contributed by atoms with Gasteiger partial charge in [-0.15, -0.1) is 0 Å². The molecule has 1 amide bonds. The predicted molar refractivity (Wildman–Crippen MR) is 90.3 cm³/mol. The van der Waals surface area contributed by atoms with Gasteiger partial charge in [0, 0.05) is 23.3 Å². The Hall–Kier alpha value is -3.69. The standard InChI is InChI=1S/C17H13F2N5O3/c1-10(13-4-3-12(18)7-14(13)19)22-17(25)11-2-5-15(16(6-11)24(26)27)23-9-20-8-21-23/h2-10H,1H3,(H,22,25). The molecule has 1 aromatic heterocycles. The molecule has 0 aliphatic heterocycles. The maximum absolute atomic E-state index is 13.8. The van der Waals surface area contributed by atoms with Crippen LogP contribution in [-0.2, 0) is 0 Å². The maximum atomic E-state index is 13.8. The van der Waals surface area contributed by atoms with Gasteiger partial charge in [0.15, 0.2) is 0 Å². The summed E-state index contributed by atoms with van der Waals surface area (Å²) in [6, 6.07) is 6.10. The van der Waals surface area contributed by atoms with E-state index in [2.05, 4.69) is 15.4 Å². The van der Waals surface area contributed by atoms with Gasteiger partial charge in [0.1, 0.15) is 30.0 Å². The number of hydrogen-bond donors (Lipinski definition) is 1. The Balaban J connectivity index is 1.86. The zero-order valence-electron chi connectivity index (χ0n) is 14.0. The predicted octanol–water partition coefficient (Wildman–Crippen LogP) is 2.94. The third-order valence-corrected chi connectivity index (χ3v) is 3.88. The Morgan fingerprint density at radius 2 is 2.04 bits per heavy atom. The number of benzene rings is 2. The Bertz CT molecular complexity index is 1010. The van der Waals surface area contributed by atoms with E-state index in [1.165, 1.54) is 42.5 Å². The second kappa shape index (κ2) is 7.28. The highest BCUT2D eigenvalue weighted by Gasteiger charge is 2.21. The van der Waals surface area contributed by atoms with Crippen LogP contribution in [0.1, 0.15) is 28.9 Å². The van der Waals surface area contributed by atoms with Gasteiger partial charge in [0.05, 0.1) is 11.0 Å². The highest BCUT2D eigenvalue weighted by molar-refractivity contribution is 5.95. The Kier molecular flexibility index (Phi) is 4.88. The van der Waals surface area contributed by atoms with E-state index in [-0.39, 0.29) is 22.5 Å². The van der Waals surface area contributed by atoms with Crippen LogP contribution >= 0.6 is 0 Å². The minimum atomic E-state index is -0.796. The van der Waals surface area contributed by atoms with Crippen LogP contribution in [0.4, 0.5) is 14.5 Å². The number of aromatic nitrogens is 3. The number of carbonyl (C=O) groups is 1. The van der Waals surface area contributed by atoms with Crippen LogP contribution in [-0.4, -0.2) is 25.6 Å². The second-order valence-corrected chi connectivity index (χ2v) is 5.66. The van der Waals surface area contributed by atoms with Crippen LogP contribution in [0.5, 0.6) is 0 Å². The van der Waals surface area contributed by atoms with Gasteiger partial charge in [0.2, 0.25) is 0 Å². The molecule has 10 heteroatoms. The monoisotopic (exact) mass is 373 g/mol. The van der Waals surface area contributed by atoms with Crippen LogP contribution in [0.3, 0.4) is 0 Å². The first-order valence-electron chi connectivity index (χ1n) is 7.76. The minimum absolute atomic E-state index is 0.0138. The molecule has 2 aromatic carbocycles. The molecule has 3 aromatic rings. The molecule has 1 unspecified atom stereocenters. The molecule has 1 N–H and O–H groups in total. The van der Waals surface area contributed by atoms with Gasteiger partial charge >= 0.3 is 0 Å². The van der Waals surface area contributed by atoms with Gasteiger partial charge in [-0.05, 0) is 25.1 Å². The number of halogens is 2. The molecule has 0 spiro atoms. The molecule has 0 fully saturated rings. The van der Waals surface area contributed by atoms with E-state index in [0.717, 1.165) is 18.2 Å². The molecule has 0 saturated heterocycles. The summed E-state index contributed by atoms with van der Waals surface area (Å²) in [5.41, 5.74) is -0.0844. The second-order valence-electron chi connectivity index (χ2n) is 5.66. The first-order chi connectivity index (χ1) is 12.9. The van der Waals surface area contributed by atoms with Crippen molar-refractivity contribution in [1.82, 2.24) is 20.1 Å². The van der Waals surface area contributed by atoms with Crippen LogP contribution in [0.25, 0.3) is 5.69 Å². The highest BCUT2D eigenvalue weighted by Crippen LogP contribution is 2.24. The fourth-order valence-electron chi connectivity index (χ4n) is 2.55. The lowest BCUT2D eigenvalue weighted by molar-refractivity contribution is -0.384. The quantitative estimate of drug-likeness (QED) is 0.547. The minimum Gasteiger partial charge on any atom is -0.345 e. The third-order valence-electron chi connectivity index (χ3n) is 3.88. The normalized spacial score (nSPS) is 11.8. The molecule has 0 bridgehead atoms. The van der Waals surface area contributed by atoms with E-state index in [1.54, 1.807) is 0 Å². The van der Waals surface area contributed by atoms with Crippen molar-refractivity contribution in [3.8, 4) is 5.69 Å². The molecule has 0 saturated carbocycles. The summed E-state index contributed by atoms with van der Waals surface area (Å²) in [7, 11) is 0. The lowest BCUT2D eigenvalue weighted by Gasteiger charge is -2.15. The van der Waals surface area contributed by atoms with Crippen molar-refractivity contribution in [2.24, 2.45) is 0 Å². The lowest BCUT2D eigenvalue weighted by Crippen LogP contribution is -2.27. The van der Waals surface area contributed by atoms with Crippen LogP contribution in [0.2, 0.25) is 0 Å². The lowest BCUT2D eigenvalue weighted by atomic mass is 10.1. The van der Waals surface area contributed by atoms with Gasteiger partial charge in [-0.3, -0.25) is 14.9 Å². The molecule has 8 nitrogen and oxygen atoms in total. The van der Waals surface area contributed by atoms with E-state index in [4.69, 9.17) is 0 Å². The molecule has 138 valence electrons. The van der Waals surface area contributed by atoms with Crippen molar-refractivity contribution in [3.63, 3.8) is 0 Å². The summed E-state index contributed by atoms with van der Waals surface area (Å²) >= 11 is 0. The zero-order valence-corrected chi connectivity index (χ0v) is 14.0. The molecule has 0 radical (unpaired) electrons. The Labute approximate surface area is 151 Å². The van der Waals surface area contributed by atoms with Crippen LogP contribution in [0.15, 0.2) is 49.1 Å². The zero-order chi connectivity index (χ0) is 19.6. The summed E-state index contributed by atoms with van der Waals surface area (Å²) in [5, 5.41) is 17.7. The molecule has 27 heavy (non-hydrogen) atoms. The van der Waals surface area contributed by atoms with Gasteiger partial charge < -0.3 is 5.32 Å². The van der Waals surface area contributed by atoms with Gasteiger partial charge in [-0.25, -0.2) is 18.4 Å². The number of hydrogen-bond acceptors (Lipinski definition) is 5. The van der Waals surface area contributed by atoms with E-state index < -0.39 is 28.5 Å². The molecular weight excluding hydrogens is 360 g/mol. The smallest absolute Gasteiger partial charge is 0.295 e. The summed E-state index contributed by atoms with van der Waals surface area (Å²) in [4.78, 5) is 26.8. The van der Waals surface area contributed by atoms with Gasteiger partial charge in [-0.1, -0.05) is 6.07 Å². The molecule has 0 aliphatic carbocycles. The number of carbonyl (C=O) groups excluding carboxylic acids is 1. The molecule has 1 heterocycles. The summed E-state index contributed by atoms with van der Waals surface area (Å²) in [6.07, 6.45) is 2.52. The van der Waals surface area contributed by atoms with E-state index >= 15 is 0 Å². The fraction of sp³-hybridized carbons (Fsp3) is 0.118. The number of rotatable bonds is 5. The van der Waals surface area contributed by atoms with Gasteiger partial charge in [0.25, 0.3) is 11.6 Å². The Morgan fingerprint density at radius 1 is 1.26 bits per heavy atom. The molecule has 0 aliphatic rings. The van der Waals surface area contributed by atoms with Crippen molar-refractivity contribution in [3.05, 3.63) is 81.9 Å². The molecule has 1 atom stereocenters. The average Bonchev–Trinajstić information content (AvgIpc) is 3.15. The SMILES string of the molecule is CC(NC(=O)c1ccc(-n2cncn2)c([N+](=O)[O-])c1)c1ccc(F)cc1F. The topological polar surface area (TPSA) is 103 Å². The molecule has 3 rings (SSSR count). The van der Waals surface area contributed by atoms with Crippen molar-refractivity contribution in [1.29, 1.82) is 0 Å². The van der Waals surface area contributed by atoms with E-state index in [0.29, 0.717) is 0 Å². The Morgan fingerprint density at radius 3 is 2.67 bits per heavy atom.